The minimum absolute atomic E-state index is 0.0282. The maximum Gasteiger partial charge on any atom is 0.220 e. The van der Waals surface area contributed by atoms with E-state index in [2.05, 4.69) is 15.5 Å². The van der Waals surface area contributed by atoms with Gasteiger partial charge in [-0.25, -0.2) is 0 Å². The summed E-state index contributed by atoms with van der Waals surface area (Å²) in [4.78, 5) is 26.3. The zero-order valence-corrected chi connectivity index (χ0v) is 15.1. The lowest BCUT2D eigenvalue weighted by molar-refractivity contribution is -0.121. The highest BCUT2D eigenvalue weighted by atomic mass is 32.1. The van der Waals surface area contributed by atoms with Gasteiger partial charge in [0, 0.05) is 47.3 Å². The highest BCUT2D eigenvalue weighted by Gasteiger charge is 2.14. The molecular weight excluding hydrogens is 336 g/mol. The normalized spacial score (nSPS) is 11.0. The van der Waals surface area contributed by atoms with Crippen LogP contribution in [0, 0.1) is 13.8 Å². The van der Waals surface area contributed by atoms with Crippen LogP contribution in [-0.4, -0.2) is 32.8 Å². The van der Waals surface area contributed by atoms with Crippen LogP contribution < -0.4 is 5.32 Å². The maximum atomic E-state index is 12.2. The molecule has 7 heteroatoms. The average molecular weight is 356 g/mol. The second kappa shape index (κ2) is 7.57. The lowest BCUT2D eigenvalue weighted by Crippen LogP contribution is -2.26. The number of carbonyl (C=O) groups excluding carboxylic acids is 2. The molecule has 3 aromatic heterocycles. The number of fused-ring (bicyclic) bond motifs is 1. The first kappa shape index (κ1) is 17.3. The molecule has 0 unspecified atom stereocenters. The number of thiophene rings is 1. The Morgan fingerprint density at radius 2 is 2.04 bits per heavy atom. The van der Waals surface area contributed by atoms with Gasteiger partial charge in [-0.15, -0.1) is 21.5 Å². The molecule has 6 nitrogen and oxygen atoms in total. The topological polar surface area (TPSA) is 76.4 Å². The van der Waals surface area contributed by atoms with Crippen molar-refractivity contribution in [2.45, 2.75) is 33.1 Å². The van der Waals surface area contributed by atoms with Crippen LogP contribution in [0.25, 0.3) is 5.65 Å². The molecular formula is C18H20N4O2S. The smallest absolute Gasteiger partial charge is 0.220 e. The number of hydrogen-bond donors (Lipinski definition) is 1. The number of nitrogens with zero attached hydrogens (tertiary/aromatic N) is 3. The Hall–Kier alpha value is -2.54. The summed E-state index contributed by atoms with van der Waals surface area (Å²) in [6, 6.07) is 7.60. The minimum atomic E-state index is -0.119. The number of ketones is 1. The summed E-state index contributed by atoms with van der Waals surface area (Å²) in [6.45, 7) is 4.39. The van der Waals surface area contributed by atoms with E-state index in [0.717, 1.165) is 26.8 Å². The van der Waals surface area contributed by atoms with E-state index in [1.165, 1.54) is 0 Å². The van der Waals surface area contributed by atoms with Crippen molar-refractivity contribution < 1.29 is 9.59 Å². The number of amides is 1. The van der Waals surface area contributed by atoms with Gasteiger partial charge in [-0.1, -0.05) is 6.07 Å². The molecule has 130 valence electrons. The first-order valence-corrected chi connectivity index (χ1v) is 9.02. The Bertz CT molecular complexity index is 913. The number of nitrogens with one attached hydrogen (secondary N) is 1. The Balaban J connectivity index is 1.45. The standard InChI is InChI=1S/C18H20N4O2S/c1-12-11-14(13(2)25-12)15(23)6-7-18(24)19-9-8-17-21-20-16-5-3-4-10-22(16)17/h3-5,10-11H,6-9H2,1-2H3,(H,19,24). The second-order valence-electron chi connectivity index (χ2n) is 5.90. The van der Waals surface area contributed by atoms with E-state index in [1.54, 1.807) is 11.3 Å². The molecule has 0 aliphatic carbocycles. The summed E-state index contributed by atoms with van der Waals surface area (Å²) < 4.78 is 1.90. The molecule has 0 spiro atoms. The van der Waals surface area contributed by atoms with Crippen molar-refractivity contribution in [3.05, 3.63) is 51.6 Å². The van der Waals surface area contributed by atoms with Gasteiger partial charge in [0.05, 0.1) is 0 Å². The largest absolute Gasteiger partial charge is 0.356 e. The highest BCUT2D eigenvalue weighted by molar-refractivity contribution is 7.12. The zero-order valence-electron chi connectivity index (χ0n) is 14.3. The fourth-order valence-corrected chi connectivity index (χ4v) is 3.68. The van der Waals surface area contributed by atoms with E-state index < -0.39 is 0 Å². The fraction of sp³-hybridized carbons (Fsp3) is 0.333. The Labute approximate surface area is 149 Å². The summed E-state index contributed by atoms with van der Waals surface area (Å²) in [7, 11) is 0. The number of aryl methyl sites for hydroxylation is 2. The quantitative estimate of drug-likeness (QED) is 0.661. The zero-order chi connectivity index (χ0) is 17.8. The van der Waals surface area contributed by atoms with E-state index in [1.807, 2.05) is 48.7 Å². The van der Waals surface area contributed by atoms with Crippen molar-refractivity contribution in [1.29, 1.82) is 0 Å². The van der Waals surface area contributed by atoms with Crippen LogP contribution in [0.3, 0.4) is 0 Å². The van der Waals surface area contributed by atoms with Crippen molar-refractivity contribution in [2.24, 2.45) is 0 Å². The monoisotopic (exact) mass is 356 g/mol. The molecule has 3 heterocycles. The summed E-state index contributed by atoms with van der Waals surface area (Å²) >= 11 is 1.61. The van der Waals surface area contributed by atoms with Crippen LogP contribution in [0.15, 0.2) is 30.5 Å². The van der Waals surface area contributed by atoms with Gasteiger partial charge >= 0.3 is 0 Å². The van der Waals surface area contributed by atoms with E-state index in [-0.39, 0.29) is 24.5 Å². The van der Waals surface area contributed by atoms with Crippen LogP contribution in [0.2, 0.25) is 0 Å². The molecule has 0 aliphatic rings. The first-order valence-electron chi connectivity index (χ1n) is 8.20. The molecule has 0 saturated carbocycles. The van der Waals surface area contributed by atoms with Crippen LogP contribution >= 0.6 is 11.3 Å². The van der Waals surface area contributed by atoms with Gasteiger partial charge in [-0.2, -0.15) is 0 Å². The average Bonchev–Trinajstić information content (AvgIpc) is 3.16. The van der Waals surface area contributed by atoms with Crippen molar-refractivity contribution in [3.8, 4) is 0 Å². The van der Waals surface area contributed by atoms with Gasteiger partial charge in [-0.3, -0.25) is 14.0 Å². The van der Waals surface area contributed by atoms with Gasteiger partial charge < -0.3 is 5.32 Å². The molecule has 0 atom stereocenters. The van der Waals surface area contributed by atoms with Crippen molar-refractivity contribution >= 4 is 28.7 Å². The number of carbonyl (C=O) groups is 2. The van der Waals surface area contributed by atoms with Gasteiger partial charge in [-0.05, 0) is 32.0 Å². The number of aromatic nitrogens is 3. The van der Waals surface area contributed by atoms with Crippen LogP contribution in [0.4, 0.5) is 0 Å². The molecule has 0 saturated heterocycles. The summed E-state index contributed by atoms with van der Waals surface area (Å²) in [5, 5.41) is 11.0. The third-order valence-electron chi connectivity index (χ3n) is 3.98. The highest BCUT2D eigenvalue weighted by Crippen LogP contribution is 2.22. The molecule has 3 rings (SSSR count). The van der Waals surface area contributed by atoms with E-state index in [9.17, 15) is 9.59 Å². The first-order chi connectivity index (χ1) is 12.0. The molecule has 3 aromatic rings. The molecule has 25 heavy (non-hydrogen) atoms. The predicted octanol–water partition coefficient (Wildman–Crippen LogP) is 2.73. The van der Waals surface area contributed by atoms with Gasteiger partial charge in [0.15, 0.2) is 11.4 Å². The van der Waals surface area contributed by atoms with Gasteiger partial charge in [0.1, 0.15) is 5.82 Å². The SMILES string of the molecule is Cc1cc(C(=O)CCC(=O)NCCc2nnc3ccccn23)c(C)s1. The summed E-state index contributed by atoms with van der Waals surface area (Å²) in [5.74, 6) is 0.712. The minimum Gasteiger partial charge on any atom is -0.356 e. The molecule has 1 N–H and O–H groups in total. The van der Waals surface area contributed by atoms with E-state index in [0.29, 0.717) is 13.0 Å². The van der Waals surface area contributed by atoms with E-state index >= 15 is 0 Å². The lowest BCUT2D eigenvalue weighted by Gasteiger charge is -2.04. The molecule has 0 aromatic carbocycles. The Kier molecular flexibility index (Phi) is 5.23. The third kappa shape index (κ3) is 4.11. The predicted molar refractivity (Wildman–Crippen MR) is 97.1 cm³/mol. The number of pyridine rings is 1. The molecule has 0 aliphatic heterocycles. The van der Waals surface area contributed by atoms with Crippen molar-refractivity contribution in [2.75, 3.05) is 6.54 Å². The number of rotatable bonds is 7. The number of Topliss-reactive ketones (excluding diaryl/α,β-unsaturated/α-hetero) is 1. The van der Waals surface area contributed by atoms with Crippen molar-refractivity contribution in [3.63, 3.8) is 0 Å². The third-order valence-corrected chi connectivity index (χ3v) is 4.94. The van der Waals surface area contributed by atoms with E-state index in [4.69, 9.17) is 0 Å². The summed E-state index contributed by atoms with van der Waals surface area (Å²) in [6.07, 6.45) is 2.93. The maximum absolute atomic E-state index is 12.2. The number of hydrogen-bond acceptors (Lipinski definition) is 5. The molecule has 0 radical (unpaired) electrons. The lowest BCUT2D eigenvalue weighted by atomic mass is 10.1. The van der Waals surface area contributed by atoms with Crippen LogP contribution in [0.1, 0.15) is 38.8 Å². The fourth-order valence-electron chi connectivity index (χ4n) is 2.73. The molecule has 0 bridgehead atoms. The summed E-state index contributed by atoms with van der Waals surface area (Å²) in [5.41, 5.74) is 1.53. The van der Waals surface area contributed by atoms with Crippen molar-refractivity contribution in [1.82, 2.24) is 19.9 Å². The second-order valence-corrected chi connectivity index (χ2v) is 7.36. The van der Waals surface area contributed by atoms with Crippen LogP contribution in [0.5, 0.6) is 0 Å². The molecule has 1 amide bonds. The molecule has 0 fully saturated rings. The Morgan fingerprint density at radius 3 is 2.80 bits per heavy atom. The Morgan fingerprint density at radius 1 is 1.20 bits per heavy atom. The van der Waals surface area contributed by atoms with Crippen LogP contribution in [-0.2, 0) is 11.2 Å². The van der Waals surface area contributed by atoms with Gasteiger partial charge in [0.2, 0.25) is 5.91 Å². The van der Waals surface area contributed by atoms with Gasteiger partial charge in [0.25, 0.3) is 0 Å².